The second kappa shape index (κ2) is 10.8. The minimum absolute atomic E-state index is 0.0254. The molecule has 3 nitrogen and oxygen atoms in total. The van der Waals surface area contributed by atoms with Gasteiger partial charge in [-0.05, 0) is 91.2 Å². The molecule has 10 rings (SSSR count). The standard InChI is InChI=1S/C45H31N3/c1-2-8-37-29(6-1)19-22-40-42(37)39-9-3-4-10-41(39)48-43(40)31-13-11-28(12-14-31)32-15-16-34-27-35(18-17-33(34)26-32)36-23-25-47-45-38(36)21-20-30-7-5-24-46-44(30)45/h1-27,38,40,42,45H. The molecule has 3 heterocycles. The van der Waals surface area contributed by atoms with Crippen LogP contribution in [-0.4, -0.2) is 16.9 Å². The van der Waals surface area contributed by atoms with Crippen molar-refractivity contribution in [2.45, 2.75) is 12.0 Å². The van der Waals surface area contributed by atoms with Gasteiger partial charge in [-0.3, -0.25) is 15.0 Å². The first-order valence-electron chi connectivity index (χ1n) is 16.7. The molecule has 0 spiro atoms. The van der Waals surface area contributed by atoms with E-state index in [1.807, 2.05) is 18.5 Å². The van der Waals surface area contributed by atoms with Gasteiger partial charge < -0.3 is 0 Å². The third-order valence-corrected chi connectivity index (χ3v) is 10.5. The van der Waals surface area contributed by atoms with E-state index in [0.29, 0.717) is 0 Å². The van der Waals surface area contributed by atoms with Crippen LogP contribution in [0.2, 0.25) is 0 Å². The highest BCUT2D eigenvalue weighted by Gasteiger charge is 2.36. The summed E-state index contributed by atoms with van der Waals surface area (Å²) in [5.41, 5.74) is 14.5. The molecular weight excluding hydrogens is 583 g/mol. The molecule has 0 fully saturated rings. The van der Waals surface area contributed by atoms with Gasteiger partial charge in [0.05, 0.1) is 17.1 Å². The highest BCUT2D eigenvalue weighted by Crippen LogP contribution is 2.48. The van der Waals surface area contributed by atoms with Crippen molar-refractivity contribution >= 4 is 46.1 Å². The van der Waals surface area contributed by atoms with Crippen LogP contribution >= 0.6 is 0 Å². The molecule has 2 aliphatic carbocycles. The zero-order chi connectivity index (χ0) is 31.6. The largest absolute Gasteiger partial charge is 0.282 e. The molecule has 6 aromatic rings. The van der Waals surface area contributed by atoms with Gasteiger partial charge in [0, 0.05) is 30.2 Å². The summed E-state index contributed by atoms with van der Waals surface area (Å²) in [5.74, 6) is 0.652. The molecule has 226 valence electrons. The Morgan fingerprint density at radius 1 is 0.542 bits per heavy atom. The number of aliphatic imine (C=N–C) groups is 2. The first-order chi connectivity index (χ1) is 23.8. The predicted molar refractivity (Wildman–Crippen MR) is 199 cm³/mol. The highest BCUT2D eigenvalue weighted by molar-refractivity contribution is 6.08. The van der Waals surface area contributed by atoms with Gasteiger partial charge in [0.1, 0.15) is 6.04 Å². The summed E-state index contributed by atoms with van der Waals surface area (Å²) in [7, 11) is 0. The Hall–Kier alpha value is -5.93. The van der Waals surface area contributed by atoms with Crippen molar-refractivity contribution in [3.05, 3.63) is 185 Å². The molecule has 4 atom stereocenters. The third-order valence-electron chi connectivity index (χ3n) is 10.5. The van der Waals surface area contributed by atoms with Gasteiger partial charge in [0.2, 0.25) is 0 Å². The number of aromatic nitrogens is 1. The van der Waals surface area contributed by atoms with Crippen molar-refractivity contribution < 1.29 is 0 Å². The van der Waals surface area contributed by atoms with Gasteiger partial charge in [0.25, 0.3) is 0 Å². The van der Waals surface area contributed by atoms with Gasteiger partial charge in [0.15, 0.2) is 0 Å². The van der Waals surface area contributed by atoms with Crippen LogP contribution in [0, 0.1) is 11.8 Å². The molecule has 0 saturated carbocycles. The molecule has 0 amide bonds. The number of hydrogen-bond donors (Lipinski definition) is 0. The Labute approximate surface area is 280 Å². The first kappa shape index (κ1) is 27.2. The quantitative estimate of drug-likeness (QED) is 0.196. The van der Waals surface area contributed by atoms with Crippen LogP contribution in [0.1, 0.15) is 51.0 Å². The summed E-state index contributed by atoms with van der Waals surface area (Å²) >= 11 is 0. The van der Waals surface area contributed by atoms with Crippen molar-refractivity contribution in [2.75, 3.05) is 0 Å². The maximum atomic E-state index is 5.24. The molecule has 3 heteroatoms. The smallest absolute Gasteiger partial charge is 0.103 e. The maximum Gasteiger partial charge on any atom is 0.103 e. The lowest BCUT2D eigenvalue weighted by Gasteiger charge is -2.35. The van der Waals surface area contributed by atoms with E-state index in [1.54, 1.807) is 0 Å². The van der Waals surface area contributed by atoms with Gasteiger partial charge in [-0.25, -0.2) is 0 Å². The average molecular weight is 614 g/mol. The number of dihydropyridines is 1. The summed E-state index contributed by atoms with van der Waals surface area (Å²) in [6.07, 6.45) is 15.1. The SMILES string of the molecule is C1=CC2C(c3ccc(-c4ccc5cc(C6=CC=NC7c8ncccc8C=CC67)ccc5c4)cc3)=Nc3ccccc3C2c2ccccc21. The number of rotatable bonds is 3. The normalized spacial score (nSPS) is 21.3. The summed E-state index contributed by atoms with van der Waals surface area (Å²) in [6.45, 7) is 0. The molecule has 5 aromatic carbocycles. The number of para-hydroxylation sites is 1. The number of allylic oxidation sites excluding steroid dienone is 2. The summed E-state index contributed by atoms with van der Waals surface area (Å²) in [6, 6.07) is 44.2. The fourth-order valence-electron chi connectivity index (χ4n) is 8.17. The van der Waals surface area contributed by atoms with E-state index >= 15 is 0 Å². The summed E-state index contributed by atoms with van der Waals surface area (Å²) < 4.78 is 0. The molecule has 4 aliphatic rings. The first-order valence-corrected chi connectivity index (χ1v) is 16.7. The maximum absolute atomic E-state index is 5.24. The fraction of sp³-hybridized carbons (Fsp3) is 0.0889. The van der Waals surface area contributed by atoms with Crippen LogP contribution in [0.3, 0.4) is 0 Å². The number of fused-ring (bicyclic) bond motifs is 9. The van der Waals surface area contributed by atoms with E-state index in [-0.39, 0.29) is 23.8 Å². The Balaban J connectivity index is 0.953. The Morgan fingerprint density at radius 3 is 2.12 bits per heavy atom. The van der Waals surface area contributed by atoms with E-state index in [4.69, 9.17) is 9.98 Å². The minimum atomic E-state index is 0.0254. The van der Waals surface area contributed by atoms with Crippen LogP contribution in [-0.2, 0) is 0 Å². The molecule has 2 aliphatic heterocycles. The van der Waals surface area contributed by atoms with E-state index < -0.39 is 0 Å². The second-order valence-corrected chi connectivity index (χ2v) is 13.1. The van der Waals surface area contributed by atoms with Crippen molar-refractivity contribution in [2.24, 2.45) is 21.8 Å². The monoisotopic (exact) mass is 613 g/mol. The molecule has 0 saturated heterocycles. The Morgan fingerprint density at radius 2 is 1.23 bits per heavy atom. The van der Waals surface area contributed by atoms with Crippen molar-refractivity contribution in [3.8, 4) is 11.1 Å². The zero-order valence-electron chi connectivity index (χ0n) is 26.2. The predicted octanol–water partition coefficient (Wildman–Crippen LogP) is 10.7. The van der Waals surface area contributed by atoms with Gasteiger partial charge in [-0.15, -0.1) is 0 Å². The van der Waals surface area contributed by atoms with Crippen molar-refractivity contribution in [1.29, 1.82) is 0 Å². The van der Waals surface area contributed by atoms with E-state index in [0.717, 1.165) is 22.7 Å². The van der Waals surface area contributed by atoms with Gasteiger partial charge in [-0.2, -0.15) is 0 Å². The highest BCUT2D eigenvalue weighted by atomic mass is 14.9. The Bertz CT molecular complexity index is 2420. The lowest BCUT2D eigenvalue weighted by Crippen LogP contribution is -2.28. The van der Waals surface area contributed by atoms with E-state index in [2.05, 4.69) is 151 Å². The lowest BCUT2D eigenvalue weighted by molar-refractivity contribution is 0.607. The molecule has 0 radical (unpaired) electrons. The molecule has 0 N–H and O–H groups in total. The van der Waals surface area contributed by atoms with Crippen LogP contribution in [0.5, 0.6) is 0 Å². The van der Waals surface area contributed by atoms with E-state index in [9.17, 15) is 0 Å². The number of nitrogens with zero attached hydrogens (tertiary/aromatic N) is 3. The second-order valence-electron chi connectivity index (χ2n) is 13.1. The van der Waals surface area contributed by atoms with Crippen LogP contribution in [0.25, 0.3) is 39.6 Å². The van der Waals surface area contributed by atoms with Crippen molar-refractivity contribution in [1.82, 2.24) is 4.98 Å². The number of benzene rings is 5. The number of hydrogen-bond acceptors (Lipinski definition) is 3. The van der Waals surface area contributed by atoms with Crippen LogP contribution in [0.4, 0.5) is 5.69 Å². The van der Waals surface area contributed by atoms with E-state index in [1.165, 1.54) is 55.3 Å². The van der Waals surface area contributed by atoms with Crippen LogP contribution < -0.4 is 0 Å². The van der Waals surface area contributed by atoms with Crippen LogP contribution in [0.15, 0.2) is 156 Å². The molecule has 4 unspecified atom stereocenters. The van der Waals surface area contributed by atoms with Gasteiger partial charge in [-0.1, -0.05) is 121 Å². The summed E-state index contributed by atoms with van der Waals surface area (Å²) in [5, 5.41) is 2.46. The molecular formula is C45H31N3. The summed E-state index contributed by atoms with van der Waals surface area (Å²) in [4.78, 5) is 14.8. The fourth-order valence-corrected chi connectivity index (χ4v) is 8.17. The molecule has 0 bridgehead atoms. The third kappa shape index (κ3) is 4.31. The topological polar surface area (TPSA) is 37.6 Å². The number of pyridine rings is 1. The lowest BCUT2D eigenvalue weighted by atomic mass is 9.70. The van der Waals surface area contributed by atoms with Gasteiger partial charge >= 0.3 is 0 Å². The van der Waals surface area contributed by atoms with Crippen molar-refractivity contribution in [3.63, 3.8) is 0 Å². The molecule has 48 heavy (non-hydrogen) atoms. The average Bonchev–Trinajstić information content (AvgIpc) is 3.16. The zero-order valence-corrected chi connectivity index (χ0v) is 26.2. The Kier molecular flexibility index (Phi) is 6.13. The molecule has 1 aromatic heterocycles. The minimum Gasteiger partial charge on any atom is -0.282 e.